The van der Waals surface area contributed by atoms with Gasteiger partial charge in [0.1, 0.15) is 6.54 Å². The van der Waals surface area contributed by atoms with E-state index in [9.17, 15) is 45.1 Å². The number of halogens is 9. The van der Waals surface area contributed by atoms with Gasteiger partial charge in [-0.05, 0) is 35.0 Å². The predicted molar refractivity (Wildman–Crippen MR) is 129 cm³/mol. The fourth-order valence-electron chi connectivity index (χ4n) is 3.35. The molecule has 0 aliphatic heterocycles. The first-order valence-electron chi connectivity index (χ1n) is 10.6. The van der Waals surface area contributed by atoms with Crippen molar-refractivity contribution in [3.8, 4) is 0 Å². The first-order valence-corrected chi connectivity index (χ1v) is 11.3. The van der Waals surface area contributed by atoms with Crippen LogP contribution < -0.4 is 10.6 Å². The molecule has 6 nitrogen and oxygen atoms in total. The van der Waals surface area contributed by atoms with Crippen molar-refractivity contribution in [2.45, 2.75) is 12.4 Å². The van der Waals surface area contributed by atoms with E-state index in [-0.39, 0.29) is 21.9 Å². The molecule has 0 aliphatic rings. The van der Waals surface area contributed by atoms with Crippen molar-refractivity contribution in [1.82, 2.24) is 10.6 Å². The van der Waals surface area contributed by atoms with Gasteiger partial charge in [-0.1, -0.05) is 47.5 Å². The lowest BCUT2D eigenvalue weighted by molar-refractivity contribution is -0.137. The van der Waals surface area contributed by atoms with Crippen molar-refractivity contribution in [3.05, 3.63) is 81.1 Å². The van der Waals surface area contributed by atoms with Crippen molar-refractivity contribution in [1.29, 1.82) is 0 Å². The minimum atomic E-state index is -5.18. The van der Waals surface area contributed by atoms with Crippen LogP contribution in [0.4, 0.5) is 30.7 Å². The minimum Gasteiger partial charge on any atom is -0.345 e. The summed E-state index contributed by atoms with van der Waals surface area (Å²) in [4.78, 5) is 40.3. The quantitative estimate of drug-likeness (QED) is 0.212. The summed E-state index contributed by atoms with van der Waals surface area (Å²) < 4.78 is 91.7. The Balaban J connectivity index is 1.95. The summed E-state index contributed by atoms with van der Waals surface area (Å²) in [5, 5.41) is 2.34. The maximum atomic E-state index is 13.8. The molecule has 206 valence electrons. The van der Waals surface area contributed by atoms with Crippen molar-refractivity contribution in [2.24, 2.45) is 4.99 Å². The van der Waals surface area contributed by atoms with Gasteiger partial charge in [0.2, 0.25) is 5.91 Å². The second-order valence-corrected chi connectivity index (χ2v) is 8.61. The molecule has 0 bridgehead atoms. The van der Waals surface area contributed by atoms with Gasteiger partial charge >= 0.3 is 12.4 Å². The summed E-state index contributed by atoms with van der Waals surface area (Å²) >= 11 is 11.2. The van der Waals surface area contributed by atoms with Gasteiger partial charge in [0.05, 0.1) is 16.6 Å². The summed E-state index contributed by atoms with van der Waals surface area (Å²) in [6.45, 7) is -2.40. The molecule has 39 heavy (non-hydrogen) atoms. The fourth-order valence-corrected chi connectivity index (χ4v) is 3.83. The molecule has 0 aromatic heterocycles. The van der Waals surface area contributed by atoms with Crippen LogP contribution in [0.1, 0.15) is 26.3 Å². The lowest BCUT2D eigenvalue weighted by Gasteiger charge is -2.13. The monoisotopic (exact) mass is 595 g/mol. The number of aliphatic imine (C=N–C) groups is 1. The molecule has 0 radical (unpaired) electrons. The summed E-state index contributed by atoms with van der Waals surface area (Å²) in [5.74, 6) is -4.55. The zero-order chi connectivity index (χ0) is 29.1. The Hall–Kier alpha value is -3.71. The fraction of sp³-hybridized carbons (Fsp3) is 0.167. The third-order valence-electron chi connectivity index (χ3n) is 5.03. The van der Waals surface area contributed by atoms with Crippen LogP contribution in [0.15, 0.2) is 53.5 Å². The third kappa shape index (κ3) is 7.45. The van der Waals surface area contributed by atoms with Crippen molar-refractivity contribution >= 4 is 57.4 Å². The Labute approximate surface area is 224 Å². The van der Waals surface area contributed by atoms with E-state index in [4.69, 9.17) is 23.2 Å². The van der Waals surface area contributed by atoms with Crippen LogP contribution in [0.5, 0.6) is 0 Å². The number of alkyl halides is 6. The van der Waals surface area contributed by atoms with Crippen molar-refractivity contribution in [2.75, 3.05) is 13.1 Å². The maximum Gasteiger partial charge on any atom is 0.434 e. The van der Waals surface area contributed by atoms with E-state index in [1.165, 1.54) is 24.3 Å². The highest BCUT2D eigenvalue weighted by Gasteiger charge is 2.38. The van der Waals surface area contributed by atoms with E-state index in [1.807, 2.05) is 0 Å². The Morgan fingerprint density at radius 3 is 1.90 bits per heavy atom. The van der Waals surface area contributed by atoms with Crippen LogP contribution >= 0.6 is 23.2 Å². The number of hydrogen-bond acceptors (Lipinski definition) is 3. The molecule has 3 amide bonds. The molecule has 0 unspecified atom stereocenters. The van der Waals surface area contributed by atoms with E-state index in [2.05, 4.69) is 10.3 Å². The van der Waals surface area contributed by atoms with E-state index in [0.29, 0.717) is 12.1 Å². The van der Waals surface area contributed by atoms with Gasteiger partial charge in [0.15, 0.2) is 11.5 Å². The molecular weight excluding hydrogens is 582 g/mol. The van der Waals surface area contributed by atoms with Gasteiger partial charge in [-0.15, -0.1) is 0 Å². The second kappa shape index (κ2) is 11.6. The summed E-state index contributed by atoms with van der Waals surface area (Å²) in [6.07, 6.45) is -9.83. The molecule has 3 rings (SSSR count). The maximum absolute atomic E-state index is 13.8. The van der Waals surface area contributed by atoms with Crippen LogP contribution in [0.25, 0.3) is 10.8 Å². The molecule has 15 heteroatoms. The zero-order valence-electron chi connectivity index (χ0n) is 19.1. The highest BCUT2D eigenvalue weighted by atomic mass is 35.5. The van der Waals surface area contributed by atoms with Crippen molar-refractivity contribution in [3.63, 3.8) is 0 Å². The topological polar surface area (TPSA) is 87.6 Å². The summed E-state index contributed by atoms with van der Waals surface area (Å²) in [5.41, 5.74) is -2.93. The van der Waals surface area contributed by atoms with Gasteiger partial charge in [0, 0.05) is 16.7 Å². The van der Waals surface area contributed by atoms with Crippen LogP contribution in [-0.2, 0) is 4.79 Å². The lowest BCUT2D eigenvalue weighted by Crippen LogP contribution is -2.40. The first kappa shape index (κ1) is 29.8. The number of hydrogen-bond donors (Lipinski definition) is 2. The summed E-state index contributed by atoms with van der Waals surface area (Å²) in [7, 11) is 0. The Kier molecular flexibility index (Phi) is 8.86. The Morgan fingerprint density at radius 1 is 0.821 bits per heavy atom. The van der Waals surface area contributed by atoms with Gasteiger partial charge in [-0.25, -0.2) is 9.38 Å². The normalized spacial score (nSPS) is 12.4. The van der Waals surface area contributed by atoms with E-state index in [1.54, 1.807) is 5.32 Å². The van der Waals surface area contributed by atoms with E-state index in [0.717, 1.165) is 12.1 Å². The largest absolute Gasteiger partial charge is 0.434 e. The highest BCUT2D eigenvalue weighted by Crippen LogP contribution is 2.31. The number of nitrogens with zero attached hydrogens (tertiary/aromatic N) is 1. The molecular formula is C24H14Cl2F7N3O3. The first-order chi connectivity index (χ1) is 18.1. The number of rotatable bonds is 6. The van der Waals surface area contributed by atoms with Gasteiger partial charge in [-0.3, -0.25) is 14.4 Å². The highest BCUT2D eigenvalue weighted by molar-refractivity contribution is 6.35. The Bertz CT molecular complexity index is 1470. The Morgan fingerprint density at radius 2 is 1.36 bits per heavy atom. The minimum absolute atomic E-state index is 0.0112. The number of fused-ring (bicyclic) bond motifs is 1. The third-order valence-corrected chi connectivity index (χ3v) is 5.58. The van der Waals surface area contributed by atoms with Gasteiger partial charge in [0.25, 0.3) is 11.8 Å². The molecule has 0 heterocycles. The number of nitrogens with one attached hydrogen (secondary N) is 2. The van der Waals surface area contributed by atoms with Gasteiger partial charge in [-0.2, -0.15) is 26.3 Å². The SMILES string of the molecule is O=C(CNC(=O)c1ccc(C(=O)N=C(c2cc(Cl)c(F)c(Cl)c2)C(F)(F)F)c2ccccc12)NCC(F)(F)F. The predicted octanol–water partition coefficient (Wildman–Crippen LogP) is 5.89. The number of carbonyl (C=O) groups is 3. The van der Waals surface area contributed by atoms with E-state index < -0.39 is 70.3 Å². The molecule has 0 aliphatic carbocycles. The molecule has 0 saturated carbocycles. The lowest BCUT2D eigenvalue weighted by atomic mass is 9.98. The average Bonchev–Trinajstić information content (AvgIpc) is 2.85. The average molecular weight is 596 g/mol. The zero-order valence-corrected chi connectivity index (χ0v) is 20.6. The number of amides is 3. The van der Waals surface area contributed by atoms with Crippen LogP contribution in [-0.4, -0.2) is 48.9 Å². The molecule has 2 N–H and O–H groups in total. The van der Waals surface area contributed by atoms with Gasteiger partial charge < -0.3 is 10.6 Å². The molecule has 0 spiro atoms. The molecule has 0 atom stereocenters. The van der Waals surface area contributed by atoms with Crippen LogP contribution in [0, 0.1) is 5.82 Å². The molecule has 0 fully saturated rings. The van der Waals surface area contributed by atoms with Crippen molar-refractivity contribution < 1.29 is 45.1 Å². The van der Waals surface area contributed by atoms with Crippen LogP contribution in [0.3, 0.4) is 0 Å². The molecule has 3 aromatic rings. The smallest absolute Gasteiger partial charge is 0.345 e. The second-order valence-electron chi connectivity index (χ2n) is 7.80. The summed E-state index contributed by atoms with van der Waals surface area (Å²) in [6, 6.07) is 8.88. The van der Waals surface area contributed by atoms with E-state index >= 15 is 0 Å². The molecule has 3 aromatic carbocycles. The number of benzene rings is 3. The molecule has 0 saturated heterocycles. The standard InChI is InChI=1S/C24H14Cl2F7N3O3/c25-16-7-11(8-17(26)19(16)27)20(24(31,32)33)36-22(39)15-6-5-14(12-3-1-2-4-13(12)15)21(38)34-9-18(37)35-10-23(28,29)30/h1-8H,9-10H2,(H,34,38)(H,35,37). The number of carbonyl (C=O) groups excluding carboxylic acids is 3. The van der Waals surface area contributed by atoms with Crippen LogP contribution in [0.2, 0.25) is 10.0 Å².